The lowest BCUT2D eigenvalue weighted by atomic mass is 9.97. The van der Waals surface area contributed by atoms with Crippen molar-refractivity contribution in [3.63, 3.8) is 0 Å². The van der Waals surface area contributed by atoms with Crippen molar-refractivity contribution in [3.8, 4) is 0 Å². The van der Waals surface area contributed by atoms with E-state index in [2.05, 4.69) is 19.2 Å². The number of hydrogen-bond acceptors (Lipinski definition) is 3. The van der Waals surface area contributed by atoms with Crippen LogP contribution < -0.4 is 15.3 Å². The van der Waals surface area contributed by atoms with Crippen LogP contribution in [0, 0.1) is 5.92 Å². The van der Waals surface area contributed by atoms with Crippen molar-refractivity contribution in [2.75, 3.05) is 25.0 Å². The molecular formula is C18H26N2O3. The molecule has 1 saturated heterocycles. The molecule has 2 rings (SSSR count). The molecule has 0 aliphatic carbocycles. The summed E-state index contributed by atoms with van der Waals surface area (Å²) in [5, 5.41) is 13.9. The van der Waals surface area contributed by atoms with E-state index >= 15 is 0 Å². The van der Waals surface area contributed by atoms with Gasteiger partial charge in [-0.1, -0.05) is 32.0 Å². The molecule has 2 N–H and O–H groups in total. The van der Waals surface area contributed by atoms with Crippen LogP contribution in [0.2, 0.25) is 0 Å². The zero-order chi connectivity index (χ0) is 16.8. The molecule has 1 aromatic carbocycles. The molecule has 1 heterocycles. The fourth-order valence-electron chi connectivity index (χ4n) is 3.25. The Morgan fingerprint density at radius 1 is 1.17 bits per heavy atom. The van der Waals surface area contributed by atoms with Crippen LogP contribution in [-0.2, 0) is 22.4 Å². The smallest absolute Gasteiger partial charge is 0.279 e. The number of hydrogen-bond donors (Lipinski definition) is 2. The molecule has 0 spiro atoms. The summed E-state index contributed by atoms with van der Waals surface area (Å²) < 4.78 is 0. The van der Waals surface area contributed by atoms with Crippen molar-refractivity contribution in [1.29, 1.82) is 0 Å². The topological polar surface area (TPSA) is 73.7 Å². The van der Waals surface area contributed by atoms with Gasteiger partial charge in [-0.2, -0.15) is 0 Å². The largest absolute Gasteiger partial charge is 0.550 e. The van der Waals surface area contributed by atoms with Gasteiger partial charge in [0.25, 0.3) is 5.91 Å². The second-order valence-corrected chi connectivity index (χ2v) is 6.23. The van der Waals surface area contributed by atoms with Crippen molar-refractivity contribution in [3.05, 3.63) is 29.3 Å². The summed E-state index contributed by atoms with van der Waals surface area (Å²) in [5.74, 6) is -1.31. The van der Waals surface area contributed by atoms with Crippen LogP contribution in [0.25, 0.3) is 0 Å². The quantitative estimate of drug-likeness (QED) is 0.762. The average molecular weight is 318 g/mol. The highest BCUT2D eigenvalue weighted by atomic mass is 16.4. The lowest BCUT2D eigenvalue weighted by Crippen LogP contribution is -3.14. The molecule has 0 unspecified atom stereocenters. The Hall–Kier alpha value is -1.88. The molecule has 0 atom stereocenters. The summed E-state index contributed by atoms with van der Waals surface area (Å²) in [7, 11) is 0. The third-order valence-electron chi connectivity index (χ3n) is 4.70. The number of carbonyl (C=O) groups is 2. The molecular weight excluding hydrogens is 292 g/mol. The highest BCUT2D eigenvalue weighted by Crippen LogP contribution is 2.22. The normalized spacial score (nSPS) is 21.0. The van der Waals surface area contributed by atoms with Crippen LogP contribution in [0.1, 0.15) is 37.8 Å². The Labute approximate surface area is 137 Å². The van der Waals surface area contributed by atoms with Crippen LogP contribution in [0.15, 0.2) is 18.2 Å². The minimum absolute atomic E-state index is 0.00231. The first-order chi connectivity index (χ1) is 11.0. The molecule has 0 aromatic heterocycles. The number of aryl methyl sites for hydroxylation is 2. The number of para-hydroxylation sites is 1. The van der Waals surface area contributed by atoms with Gasteiger partial charge in [0.15, 0.2) is 6.54 Å². The number of carboxylic acid groups (broad SMARTS) is 1. The molecule has 0 bridgehead atoms. The van der Waals surface area contributed by atoms with E-state index < -0.39 is 5.97 Å². The fourth-order valence-corrected chi connectivity index (χ4v) is 3.25. The van der Waals surface area contributed by atoms with Gasteiger partial charge < -0.3 is 20.1 Å². The van der Waals surface area contributed by atoms with E-state index in [1.807, 2.05) is 18.2 Å². The molecule has 0 radical (unpaired) electrons. The van der Waals surface area contributed by atoms with E-state index in [9.17, 15) is 14.7 Å². The number of quaternary nitrogens is 1. The third-order valence-corrected chi connectivity index (χ3v) is 4.70. The van der Waals surface area contributed by atoms with Gasteiger partial charge in [0.2, 0.25) is 0 Å². The van der Waals surface area contributed by atoms with Crippen molar-refractivity contribution in [2.45, 2.75) is 39.5 Å². The maximum atomic E-state index is 12.4. The number of aliphatic carboxylic acids is 1. The standard InChI is InChI=1S/C18H26N2O3/c1-3-13-6-5-7-14(4-2)17(13)19-16(21)12-20-10-8-15(9-11-20)18(22)23/h5-7,15H,3-4,8-12H2,1-2H3,(H,19,21)(H,22,23). The molecule has 5 heteroatoms. The molecule has 1 fully saturated rings. The first-order valence-electron chi connectivity index (χ1n) is 8.50. The summed E-state index contributed by atoms with van der Waals surface area (Å²) in [5.41, 5.74) is 3.26. The number of benzene rings is 1. The zero-order valence-electron chi connectivity index (χ0n) is 14.0. The predicted octanol–water partition coefficient (Wildman–Crippen LogP) is -0.205. The number of carbonyl (C=O) groups excluding carboxylic acids is 2. The molecule has 1 amide bonds. The minimum atomic E-state index is -0.960. The lowest BCUT2D eigenvalue weighted by molar-refractivity contribution is -0.897. The highest BCUT2D eigenvalue weighted by molar-refractivity contribution is 5.93. The van der Waals surface area contributed by atoms with E-state index in [0.717, 1.165) is 34.6 Å². The van der Waals surface area contributed by atoms with Gasteiger partial charge in [-0.05, 0) is 24.0 Å². The Bertz CT molecular complexity index is 541. The Kier molecular flexibility index (Phi) is 6.16. The van der Waals surface area contributed by atoms with Crippen LogP contribution in [0.5, 0.6) is 0 Å². The summed E-state index contributed by atoms with van der Waals surface area (Å²) in [6.45, 7) is 5.98. The van der Waals surface area contributed by atoms with Crippen LogP contribution in [0.3, 0.4) is 0 Å². The number of carboxylic acids is 1. The van der Waals surface area contributed by atoms with Gasteiger partial charge in [-0.3, -0.25) is 4.79 Å². The SMILES string of the molecule is CCc1cccc(CC)c1NC(=O)C[NH+]1CCC(C(=O)[O-])CC1. The number of likely N-dealkylation sites (tertiary alicyclic amines) is 1. The first-order valence-corrected chi connectivity index (χ1v) is 8.50. The van der Waals surface area contributed by atoms with Gasteiger partial charge >= 0.3 is 0 Å². The Morgan fingerprint density at radius 2 is 1.74 bits per heavy atom. The zero-order valence-corrected chi connectivity index (χ0v) is 14.0. The van der Waals surface area contributed by atoms with Crippen molar-refractivity contribution in [1.82, 2.24) is 0 Å². The number of amides is 1. The van der Waals surface area contributed by atoms with Crippen molar-refractivity contribution in [2.24, 2.45) is 5.92 Å². The monoisotopic (exact) mass is 318 g/mol. The van der Waals surface area contributed by atoms with Crippen LogP contribution >= 0.6 is 0 Å². The highest BCUT2D eigenvalue weighted by Gasteiger charge is 2.24. The van der Waals surface area contributed by atoms with Crippen LogP contribution in [-0.4, -0.2) is 31.5 Å². The van der Waals surface area contributed by atoms with E-state index in [1.165, 1.54) is 0 Å². The number of anilines is 1. The van der Waals surface area contributed by atoms with Crippen molar-refractivity contribution < 1.29 is 19.6 Å². The number of nitrogens with one attached hydrogen (secondary N) is 2. The predicted molar refractivity (Wildman–Crippen MR) is 87.1 cm³/mol. The summed E-state index contributed by atoms with van der Waals surface area (Å²) in [6, 6.07) is 6.13. The first kappa shape index (κ1) is 17.5. The lowest BCUT2D eigenvalue weighted by Gasteiger charge is -2.29. The van der Waals surface area contributed by atoms with Gasteiger partial charge in [0.1, 0.15) is 0 Å². The fraction of sp³-hybridized carbons (Fsp3) is 0.556. The summed E-state index contributed by atoms with van der Waals surface area (Å²) >= 11 is 0. The molecule has 1 aromatic rings. The maximum absolute atomic E-state index is 12.4. The molecule has 1 aliphatic rings. The maximum Gasteiger partial charge on any atom is 0.279 e. The second kappa shape index (κ2) is 8.11. The van der Waals surface area contributed by atoms with Gasteiger partial charge in [-0.25, -0.2) is 0 Å². The molecule has 5 nitrogen and oxygen atoms in total. The second-order valence-electron chi connectivity index (χ2n) is 6.23. The third kappa shape index (κ3) is 4.55. The van der Waals surface area contributed by atoms with E-state index in [0.29, 0.717) is 32.5 Å². The molecule has 23 heavy (non-hydrogen) atoms. The minimum Gasteiger partial charge on any atom is -0.550 e. The van der Waals surface area contributed by atoms with E-state index in [-0.39, 0.29) is 11.8 Å². The van der Waals surface area contributed by atoms with E-state index in [4.69, 9.17) is 0 Å². The van der Waals surface area contributed by atoms with Crippen LogP contribution in [0.4, 0.5) is 5.69 Å². The average Bonchev–Trinajstić information content (AvgIpc) is 2.55. The molecule has 126 valence electrons. The summed E-state index contributed by atoms with van der Waals surface area (Å²) in [4.78, 5) is 24.4. The number of rotatable bonds is 6. The van der Waals surface area contributed by atoms with Gasteiger partial charge in [0.05, 0.1) is 13.1 Å². The Balaban J connectivity index is 1.94. The van der Waals surface area contributed by atoms with Gasteiger partial charge in [0, 0.05) is 30.4 Å². The molecule has 0 saturated carbocycles. The summed E-state index contributed by atoms with van der Waals surface area (Å²) in [6.07, 6.45) is 2.95. The molecule has 1 aliphatic heterocycles. The number of piperidine rings is 1. The van der Waals surface area contributed by atoms with Crippen molar-refractivity contribution >= 4 is 17.6 Å². The van der Waals surface area contributed by atoms with E-state index in [1.54, 1.807) is 0 Å². The Morgan fingerprint density at radius 3 is 2.22 bits per heavy atom. The van der Waals surface area contributed by atoms with Gasteiger partial charge in [-0.15, -0.1) is 0 Å².